The van der Waals surface area contributed by atoms with Crippen LogP contribution in [-0.2, 0) is 11.3 Å². The first-order valence-corrected chi connectivity index (χ1v) is 6.25. The molecule has 1 aromatic carbocycles. The summed E-state index contributed by atoms with van der Waals surface area (Å²) < 4.78 is 12.4. The fourth-order valence-electron chi connectivity index (χ4n) is 1.70. The third-order valence-electron chi connectivity index (χ3n) is 2.78. The number of amides is 1. The molecule has 0 aliphatic carbocycles. The normalized spacial score (nSPS) is 14.8. The second-order valence-corrected chi connectivity index (χ2v) is 4.55. The molecule has 0 saturated carbocycles. The first-order chi connectivity index (χ1) is 8.58. The van der Waals surface area contributed by atoms with Gasteiger partial charge >= 0.3 is 0 Å². The molecule has 1 aliphatic rings. The zero-order valence-electron chi connectivity index (χ0n) is 11.1. The number of halogens is 1. The summed E-state index contributed by atoms with van der Waals surface area (Å²) in [5, 5.41) is 2.62. The Morgan fingerprint density at radius 3 is 2.22 bits per heavy atom. The van der Waals surface area contributed by atoms with Crippen LogP contribution in [0.25, 0.3) is 0 Å². The second kappa shape index (κ2) is 7.82. The summed E-state index contributed by atoms with van der Waals surface area (Å²) in [6, 6.07) is 6.03. The van der Waals surface area contributed by atoms with Gasteiger partial charge in [-0.1, -0.05) is 12.1 Å². The van der Waals surface area contributed by atoms with E-state index in [-0.39, 0.29) is 11.7 Å². The Hall–Kier alpha value is -1.42. The highest BCUT2D eigenvalue weighted by Crippen LogP contribution is 2.02. The van der Waals surface area contributed by atoms with Crippen LogP contribution in [0.4, 0.5) is 4.39 Å². The standard InChI is InChI=1S/C9H10FNO.C5H11N/c1-7(12)11-6-8-2-4-9(10)5-3-8;1-6-4-2-3-5-6/h2-5H,6H2,1H3,(H,11,12);2-5H2,1H3. The molecule has 4 heteroatoms. The predicted molar refractivity (Wildman–Crippen MR) is 70.7 cm³/mol. The first-order valence-electron chi connectivity index (χ1n) is 6.25. The molecule has 0 bridgehead atoms. The molecule has 100 valence electrons. The van der Waals surface area contributed by atoms with E-state index in [2.05, 4.69) is 17.3 Å². The van der Waals surface area contributed by atoms with Gasteiger partial charge in [-0.3, -0.25) is 4.79 Å². The number of carbonyl (C=O) groups excluding carboxylic acids is 1. The van der Waals surface area contributed by atoms with Gasteiger partial charge < -0.3 is 10.2 Å². The van der Waals surface area contributed by atoms with Crippen LogP contribution in [0.3, 0.4) is 0 Å². The maximum absolute atomic E-state index is 12.4. The molecule has 1 saturated heterocycles. The fraction of sp³-hybridized carbons (Fsp3) is 0.500. The maximum atomic E-state index is 12.4. The van der Waals surface area contributed by atoms with Gasteiger partial charge in [0.05, 0.1) is 0 Å². The van der Waals surface area contributed by atoms with E-state index in [0.717, 1.165) is 5.56 Å². The molecule has 1 aliphatic heterocycles. The molecule has 1 heterocycles. The number of hydrogen-bond donors (Lipinski definition) is 1. The Morgan fingerprint density at radius 2 is 1.83 bits per heavy atom. The van der Waals surface area contributed by atoms with Crippen LogP contribution in [0, 0.1) is 5.82 Å². The number of carbonyl (C=O) groups is 1. The average Bonchev–Trinajstić information content (AvgIpc) is 2.80. The summed E-state index contributed by atoms with van der Waals surface area (Å²) in [7, 11) is 2.17. The summed E-state index contributed by atoms with van der Waals surface area (Å²) in [5.41, 5.74) is 0.895. The van der Waals surface area contributed by atoms with Crippen molar-refractivity contribution < 1.29 is 9.18 Å². The summed E-state index contributed by atoms with van der Waals surface area (Å²) >= 11 is 0. The van der Waals surface area contributed by atoms with Crippen LogP contribution >= 0.6 is 0 Å². The van der Waals surface area contributed by atoms with E-state index in [9.17, 15) is 9.18 Å². The Bertz CT molecular complexity index is 359. The first kappa shape index (κ1) is 14.6. The molecule has 1 aromatic rings. The van der Waals surface area contributed by atoms with Gasteiger partial charge in [0.2, 0.25) is 5.91 Å². The van der Waals surface area contributed by atoms with E-state index in [0.29, 0.717) is 6.54 Å². The molecule has 2 rings (SSSR count). The van der Waals surface area contributed by atoms with Crippen molar-refractivity contribution in [2.24, 2.45) is 0 Å². The van der Waals surface area contributed by atoms with Crippen molar-refractivity contribution in [1.29, 1.82) is 0 Å². The molecule has 3 nitrogen and oxygen atoms in total. The Morgan fingerprint density at radius 1 is 1.28 bits per heavy atom. The lowest BCUT2D eigenvalue weighted by Crippen LogP contribution is -2.18. The molecule has 0 radical (unpaired) electrons. The van der Waals surface area contributed by atoms with Crippen LogP contribution in [0.5, 0.6) is 0 Å². The molecule has 1 fully saturated rings. The van der Waals surface area contributed by atoms with Gasteiger partial charge in [0, 0.05) is 13.5 Å². The number of likely N-dealkylation sites (tertiary alicyclic amines) is 1. The highest BCUT2D eigenvalue weighted by molar-refractivity contribution is 5.72. The number of hydrogen-bond acceptors (Lipinski definition) is 2. The van der Waals surface area contributed by atoms with Crippen molar-refractivity contribution in [2.75, 3.05) is 20.1 Å². The quantitative estimate of drug-likeness (QED) is 0.875. The monoisotopic (exact) mass is 252 g/mol. The predicted octanol–water partition coefficient (Wildman–Crippen LogP) is 2.17. The van der Waals surface area contributed by atoms with Gasteiger partial charge in [-0.25, -0.2) is 4.39 Å². The van der Waals surface area contributed by atoms with Crippen molar-refractivity contribution in [3.8, 4) is 0 Å². The second-order valence-electron chi connectivity index (χ2n) is 4.55. The number of rotatable bonds is 2. The van der Waals surface area contributed by atoms with Crippen molar-refractivity contribution in [3.63, 3.8) is 0 Å². The van der Waals surface area contributed by atoms with Crippen molar-refractivity contribution in [3.05, 3.63) is 35.6 Å². The van der Waals surface area contributed by atoms with Crippen molar-refractivity contribution >= 4 is 5.91 Å². The molecule has 1 N–H and O–H groups in total. The molecule has 0 atom stereocenters. The smallest absolute Gasteiger partial charge is 0.217 e. The fourth-order valence-corrected chi connectivity index (χ4v) is 1.70. The van der Waals surface area contributed by atoms with Gasteiger partial charge in [-0.15, -0.1) is 0 Å². The van der Waals surface area contributed by atoms with Crippen LogP contribution in [0.1, 0.15) is 25.3 Å². The third kappa shape index (κ3) is 6.35. The lowest BCUT2D eigenvalue weighted by atomic mass is 10.2. The summed E-state index contributed by atoms with van der Waals surface area (Å²) in [5.74, 6) is -0.346. The zero-order chi connectivity index (χ0) is 13.4. The van der Waals surface area contributed by atoms with E-state index >= 15 is 0 Å². The van der Waals surface area contributed by atoms with E-state index in [4.69, 9.17) is 0 Å². The summed E-state index contributed by atoms with van der Waals surface area (Å²) in [6.07, 6.45) is 2.83. The van der Waals surface area contributed by atoms with Gasteiger partial charge in [0.25, 0.3) is 0 Å². The Kier molecular flexibility index (Phi) is 6.36. The largest absolute Gasteiger partial charge is 0.352 e. The minimum atomic E-state index is -0.262. The minimum Gasteiger partial charge on any atom is -0.352 e. The van der Waals surface area contributed by atoms with Gasteiger partial charge in [-0.05, 0) is 50.7 Å². The molecule has 0 aromatic heterocycles. The molecule has 0 unspecified atom stereocenters. The van der Waals surface area contributed by atoms with Crippen LogP contribution in [0.15, 0.2) is 24.3 Å². The van der Waals surface area contributed by atoms with Gasteiger partial charge in [0.1, 0.15) is 5.82 Å². The highest BCUT2D eigenvalue weighted by Gasteiger charge is 2.03. The van der Waals surface area contributed by atoms with Gasteiger partial charge in [0.15, 0.2) is 0 Å². The Labute approximate surface area is 108 Å². The van der Waals surface area contributed by atoms with E-state index in [1.54, 1.807) is 12.1 Å². The van der Waals surface area contributed by atoms with E-state index in [1.165, 1.54) is 45.0 Å². The van der Waals surface area contributed by atoms with Crippen molar-refractivity contribution in [1.82, 2.24) is 10.2 Å². The van der Waals surface area contributed by atoms with Crippen LogP contribution in [-0.4, -0.2) is 30.9 Å². The zero-order valence-corrected chi connectivity index (χ0v) is 11.1. The SMILES string of the molecule is CC(=O)NCc1ccc(F)cc1.CN1CCCC1. The van der Waals surface area contributed by atoms with E-state index < -0.39 is 0 Å². The lowest BCUT2D eigenvalue weighted by Gasteiger charge is -2.01. The molecule has 18 heavy (non-hydrogen) atoms. The van der Waals surface area contributed by atoms with Crippen molar-refractivity contribution in [2.45, 2.75) is 26.3 Å². The topological polar surface area (TPSA) is 32.3 Å². The minimum absolute atomic E-state index is 0.0840. The molecule has 0 spiro atoms. The molecule has 1 amide bonds. The summed E-state index contributed by atoms with van der Waals surface area (Å²) in [4.78, 5) is 12.9. The number of benzene rings is 1. The highest BCUT2D eigenvalue weighted by atomic mass is 19.1. The van der Waals surface area contributed by atoms with Gasteiger partial charge in [-0.2, -0.15) is 0 Å². The molecular weight excluding hydrogens is 231 g/mol. The Balaban J connectivity index is 0.000000225. The third-order valence-corrected chi connectivity index (χ3v) is 2.78. The number of nitrogens with one attached hydrogen (secondary N) is 1. The van der Waals surface area contributed by atoms with Crippen LogP contribution < -0.4 is 5.32 Å². The van der Waals surface area contributed by atoms with E-state index in [1.807, 2.05) is 0 Å². The summed E-state index contributed by atoms with van der Waals surface area (Å²) in [6.45, 7) is 4.54. The average molecular weight is 252 g/mol. The lowest BCUT2D eigenvalue weighted by molar-refractivity contribution is -0.119. The number of nitrogens with zero attached hydrogens (tertiary/aromatic N) is 1. The maximum Gasteiger partial charge on any atom is 0.217 e. The van der Waals surface area contributed by atoms with Crippen LogP contribution in [0.2, 0.25) is 0 Å². The molecular formula is C14H21FN2O.